The Morgan fingerprint density at radius 2 is 1.67 bits per heavy atom. The van der Waals surface area contributed by atoms with E-state index in [2.05, 4.69) is 88.3 Å². The standard InChI is InChI=1S/C27H25ClN4S/c1-17-9-10-21(15-18(17)2)32-26(25(30-27(32)33)23-7-4-5-13-29-23)24-8-6-14-31(24)20-11-12-22(28)19(3)16-20/h4-16,25-26H,1-3H3,(H,30,33)/t25-,26+/m1/s1. The lowest BCUT2D eigenvalue weighted by molar-refractivity contribution is 0.549. The molecular weight excluding hydrogens is 448 g/mol. The van der Waals surface area contributed by atoms with Gasteiger partial charge in [0.15, 0.2) is 5.11 Å². The summed E-state index contributed by atoms with van der Waals surface area (Å²) in [5.74, 6) is 0. The van der Waals surface area contributed by atoms with Gasteiger partial charge in [0.05, 0.1) is 11.7 Å². The van der Waals surface area contributed by atoms with Gasteiger partial charge in [0.1, 0.15) is 6.04 Å². The van der Waals surface area contributed by atoms with Gasteiger partial charge in [0.2, 0.25) is 0 Å². The van der Waals surface area contributed by atoms with Crippen molar-refractivity contribution in [2.45, 2.75) is 32.9 Å². The van der Waals surface area contributed by atoms with Crippen LogP contribution in [0.2, 0.25) is 5.02 Å². The SMILES string of the molecule is Cc1ccc(N2C(=S)N[C@H](c3ccccn3)[C@@H]2c2cccn2-c2ccc(Cl)c(C)c2)cc1C. The van der Waals surface area contributed by atoms with Crippen LogP contribution in [0.25, 0.3) is 5.69 Å². The van der Waals surface area contributed by atoms with Gasteiger partial charge in [-0.15, -0.1) is 0 Å². The molecule has 1 aliphatic rings. The molecule has 5 rings (SSSR count). The first-order chi connectivity index (χ1) is 15.9. The van der Waals surface area contributed by atoms with E-state index in [0.29, 0.717) is 5.11 Å². The molecule has 1 saturated heterocycles. The van der Waals surface area contributed by atoms with Crippen LogP contribution in [0, 0.1) is 20.8 Å². The monoisotopic (exact) mass is 472 g/mol. The Bertz CT molecular complexity index is 1330. The Kier molecular flexibility index (Phi) is 5.69. The molecule has 2 atom stereocenters. The molecule has 4 aromatic rings. The molecule has 0 radical (unpaired) electrons. The first kappa shape index (κ1) is 21.7. The molecule has 2 aromatic heterocycles. The fourth-order valence-electron chi connectivity index (χ4n) is 4.46. The summed E-state index contributed by atoms with van der Waals surface area (Å²) in [6, 6.07) is 22.7. The fraction of sp³-hybridized carbons (Fsp3) is 0.185. The lowest BCUT2D eigenvalue weighted by Crippen LogP contribution is -2.30. The van der Waals surface area contributed by atoms with E-state index >= 15 is 0 Å². The van der Waals surface area contributed by atoms with Gasteiger partial charge in [0.25, 0.3) is 0 Å². The maximum atomic E-state index is 6.31. The Balaban J connectivity index is 1.68. The molecule has 0 amide bonds. The average Bonchev–Trinajstić information content (AvgIpc) is 3.42. The number of anilines is 1. The highest BCUT2D eigenvalue weighted by Crippen LogP contribution is 2.42. The normalized spacial score (nSPS) is 17.9. The molecule has 166 valence electrons. The molecule has 1 N–H and O–H groups in total. The molecule has 0 spiro atoms. The van der Waals surface area contributed by atoms with Gasteiger partial charge in [-0.1, -0.05) is 23.7 Å². The Morgan fingerprint density at radius 1 is 0.879 bits per heavy atom. The lowest BCUT2D eigenvalue weighted by Gasteiger charge is -2.29. The largest absolute Gasteiger partial charge is 0.351 e. The number of nitrogens with one attached hydrogen (secondary N) is 1. The van der Waals surface area contributed by atoms with E-state index in [9.17, 15) is 0 Å². The minimum atomic E-state index is -0.0950. The van der Waals surface area contributed by atoms with E-state index in [1.165, 1.54) is 11.1 Å². The third-order valence-corrected chi connectivity index (χ3v) is 7.11. The molecule has 1 fully saturated rings. The quantitative estimate of drug-likeness (QED) is 0.338. The summed E-state index contributed by atoms with van der Waals surface area (Å²) in [7, 11) is 0. The predicted octanol–water partition coefficient (Wildman–Crippen LogP) is 6.63. The van der Waals surface area contributed by atoms with Crippen LogP contribution in [0.3, 0.4) is 0 Å². The van der Waals surface area contributed by atoms with Crippen molar-refractivity contribution in [1.29, 1.82) is 0 Å². The maximum Gasteiger partial charge on any atom is 0.174 e. The van der Waals surface area contributed by atoms with Gasteiger partial charge in [0, 0.05) is 34.5 Å². The summed E-state index contributed by atoms with van der Waals surface area (Å²) >= 11 is 12.2. The Hall–Kier alpha value is -3.15. The van der Waals surface area contributed by atoms with Crippen LogP contribution < -0.4 is 10.2 Å². The van der Waals surface area contributed by atoms with Crippen LogP contribution >= 0.6 is 23.8 Å². The zero-order valence-electron chi connectivity index (χ0n) is 18.8. The number of halogens is 1. The molecule has 4 nitrogen and oxygen atoms in total. The van der Waals surface area contributed by atoms with Crippen molar-refractivity contribution in [3.63, 3.8) is 0 Å². The third-order valence-electron chi connectivity index (χ3n) is 6.37. The van der Waals surface area contributed by atoms with E-state index in [1.807, 2.05) is 31.3 Å². The smallest absolute Gasteiger partial charge is 0.174 e. The van der Waals surface area contributed by atoms with Gasteiger partial charge >= 0.3 is 0 Å². The zero-order chi connectivity index (χ0) is 23.1. The second kappa shape index (κ2) is 8.65. The zero-order valence-corrected chi connectivity index (χ0v) is 20.4. The number of pyridine rings is 1. The van der Waals surface area contributed by atoms with Crippen molar-refractivity contribution in [3.05, 3.63) is 112 Å². The number of hydrogen-bond acceptors (Lipinski definition) is 2. The van der Waals surface area contributed by atoms with Gasteiger partial charge in [-0.05, 0) is 104 Å². The molecular formula is C27H25ClN4S. The second-order valence-corrected chi connectivity index (χ2v) is 9.30. The van der Waals surface area contributed by atoms with Crippen molar-refractivity contribution in [2.75, 3.05) is 4.90 Å². The summed E-state index contributed by atoms with van der Waals surface area (Å²) in [5, 5.41) is 5.01. The number of aryl methyl sites for hydroxylation is 3. The minimum absolute atomic E-state index is 0.0829. The van der Waals surface area contributed by atoms with E-state index in [0.717, 1.165) is 33.3 Å². The van der Waals surface area contributed by atoms with Crippen LogP contribution in [0.5, 0.6) is 0 Å². The molecule has 0 saturated carbocycles. The van der Waals surface area contributed by atoms with Crippen LogP contribution in [-0.2, 0) is 0 Å². The third kappa shape index (κ3) is 3.92. The van der Waals surface area contributed by atoms with E-state index in [-0.39, 0.29) is 12.1 Å². The summed E-state index contributed by atoms with van der Waals surface area (Å²) < 4.78 is 2.22. The molecule has 6 heteroatoms. The Labute approximate surface area is 204 Å². The van der Waals surface area contributed by atoms with Crippen molar-refractivity contribution in [1.82, 2.24) is 14.9 Å². The van der Waals surface area contributed by atoms with Gasteiger partial charge in [-0.3, -0.25) is 4.98 Å². The first-order valence-electron chi connectivity index (χ1n) is 11.0. The van der Waals surface area contributed by atoms with Gasteiger partial charge in [-0.25, -0.2) is 0 Å². The molecule has 1 aliphatic heterocycles. The van der Waals surface area contributed by atoms with Crippen LogP contribution in [0.4, 0.5) is 5.69 Å². The maximum absolute atomic E-state index is 6.31. The van der Waals surface area contributed by atoms with E-state index in [1.54, 1.807) is 0 Å². The molecule has 0 unspecified atom stereocenters. The van der Waals surface area contributed by atoms with Gasteiger partial charge < -0.3 is 14.8 Å². The molecule has 0 bridgehead atoms. The number of thiocarbonyl (C=S) groups is 1. The lowest BCUT2D eigenvalue weighted by atomic mass is 10.00. The Morgan fingerprint density at radius 3 is 2.39 bits per heavy atom. The van der Waals surface area contributed by atoms with Gasteiger partial charge in [-0.2, -0.15) is 0 Å². The van der Waals surface area contributed by atoms with Crippen molar-refractivity contribution < 1.29 is 0 Å². The highest BCUT2D eigenvalue weighted by Gasteiger charge is 2.42. The highest BCUT2D eigenvalue weighted by molar-refractivity contribution is 7.80. The molecule has 33 heavy (non-hydrogen) atoms. The summed E-state index contributed by atoms with van der Waals surface area (Å²) in [5.41, 5.74) is 7.75. The summed E-state index contributed by atoms with van der Waals surface area (Å²) in [6.45, 7) is 6.29. The average molecular weight is 473 g/mol. The molecule has 2 aromatic carbocycles. The number of aromatic nitrogens is 2. The number of rotatable bonds is 4. The van der Waals surface area contributed by atoms with Crippen molar-refractivity contribution in [3.8, 4) is 5.69 Å². The van der Waals surface area contributed by atoms with E-state index in [4.69, 9.17) is 23.8 Å². The van der Waals surface area contributed by atoms with Crippen molar-refractivity contribution >= 4 is 34.6 Å². The second-order valence-electron chi connectivity index (χ2n) is 8.50. The summed E-state index contributed by atoms with van der Waals surface area (Å²) in [6.07, 6.45) is 3.92. The molecule has 3 heterocycles. The number of hydrogen-bond donors (Lipinski definition) is 1. The predicted molar refractivity (Wildman–Crippen MR) is 139 cm³/mol. The van der Waals surface area contributed by atoms with Crippen molar-refractivity contribution in [2.24, 2.45) is 0 Å². The van der Waals surface area contributed by atoms with Crippen LogP contribution in [0.1, 0.15) is 40.2 Å². The minimum Gasteiger partial charge on any atom is -0.351 e. The molecule has 0 aliphatic carbocycles. The van der Waals surface area contributed by atoms with Crippen LogP contribution in [0.15, 0.2) is 79.1 Å². The number of nitrogens with zero attached hydrogens (tertiary/aromatic N) is 3. The highest BCUT2D eigenvalue weighted by atomic mass is 35.5. The first-order valence-corrected chi connectivity index (χ1v) is 11.7. The topological polar surface area (TPSA) is 33.1 Å². The van der Waals surface area contributed by atoms with E-state index < -0.39 is 0 Å². The fourth-order valence-corrected chi connectivity index (χ4v) is 4.92. The summed E-state index contributed by atoms with van der Waals surface area (Å²) in [4.78, 5) is 6.89. The van der Waals surface area contributed by atoms with Crippen LogP contribution in [-0.4, -0.2) is 14.7 Å². The number of benzene rings is 2.